The molecule has 0 aromatic carbocycles. The maximum atomic E-state index is 9.03. The van der Waals surface area contributed by atoms with E-state index in [1.807, 2.05) is 0 Å². The molecule has 0 spiro atoms. The van der Waals surface area contributed by atoms with Crippen molar-refractivity contribution in [1.82, 2.24) is 5.32 Å². The molecular weight excluding hydrogens is 205 g/mol. The molecule has 0 aliphatic carbocycles. The number of rotatable bonds is 0. The fourth-order valence-corrected chi connectivity index (χ4v) is 1.94. The van der Waals surface area contributed by atoms with Gasteiger partial charge in [0.2, 0.25) is 0 Å². The van der Waals surface area contributed by atoms with Gasteiger partial charge in [0.15, 0.2) is 0 Å². The van der Waals surface area contributed by atoms with Crippen molar-refractivity contribution in [2.24, 2.45) is 0 Å². The second-order valence-electron chi connectivity index (χ2n) is 2.20. The summed E-state index contributed by atoms with van der Waals surface area (Å²) in [6, 6.07) is 0. The Morgan fingerprint density at radius 2 is 2.33 bits per heavy atom. The van der Waals surface area contributed by atoms with Gasteiger partial charge in [-0.05, 0) is 6.42 Å². The van der Waals surface area contributed by atoms with Gasteiger partial charge in [0.1, 0.15) is 6.23 Å². The molecule has 0 bridgehead atoms. The van der Waals surface area contributed by atoms with E-state index in [9.17, 15) is 0 Å². The molecule has 0 aromatic heterocycles. The molecule has 1 aliphatic rings. The number of hydrogen-bond acceptors (Lipinski definition) is 2. The maximum Gasteiger partial charge on any atom is 0.121 e. The van der Waals surface area contributed by atoms with Gasteiger partial charge in [-0.25, -0.2) is 0 Å². The van der Waals surface area contributed by atoms with E-state index in [-0.39, 0.29) is 5.38 Å². The minimum Gasteiger partial charge on any atom is -0.377 e. The topological polar surface area (TPSA) is 32.3 Å². The molecule has 3 unspecified atom stereocenters. The summed E-state index contributed by atoms with van der Waals surface area (Å²) in [7, 11) is 0. The standard InChI is InChI=1S/C5H9BrClNO/c6-3-1-4(7)5(9)8-2-3/h3-5,8-9H,1-2H2. The Bertz CT molecular complexity index is 103. The van der Waals surface area contributed by atoms with Gasteiger partial charge in [0.25, 0.3) is 0 Å². The number of aliphatic hydroxyl groups is 1. The molecule has 1 aliphatic heterocycles. The van der Waals surface area contributed by atoms with Gasteiger partial charge in [-0.2, -0.15) is 0 Å². The lowest BCUT2D eigenvalue weighted by molar-refractivity contribution is 0.114. The summed E-state index contributed by atoms with van der Waals surface area (Å²) in [5.74, 6) is 0. The quantitative estimate of drug-likeness (QED) is 0.581. The molecule has 0 aromatic rings. The van der Waals surface area contributed by atoms with Crippen molar-refractivity contribution >= 4 is 27.5 Å². The van der Waals surface area contributed by atoms with Gasteiger partial charge in [0.05, 0.1) is 5.38 Å². The first-order valence-electron chi connectivity index (χ1n) is 2.89. The third-order valence-corrected chi connectivity index (χ3v) is 2.49. The number of halogens is 2. The molecule has 4 heteroatoms. The van der Waals surface area contributed by atoms with Crippen LogP contribution in [0.3, 0.4) is 0 Å². The molecule has 1 saturated heterocycles. The van der Waals surface area contributed by atoms with E-state index in [1.54, 1.807) is 0 Å². The second kappa shape index (κ2) is 3.19. The lowest BCUT2D eigenvalue weighted by Gasteiger charge is -2.27. The number of hydrogen-bond donors (Lipinski definition) is 2. The highest BCUT2D eigenvalue weighted by Crippen LogP contribution is 2.18. The molecule has 1 rings (SSSR count). The van der Waals surface area contributed by atoms with Crippen LogP contribution in [0.25, 0.3) is 0 Å². The van der Waals surface area contributed by atoms with Crippen LogP contribution in [0.2, 0.25) is 0 Å². The van der Waals surface area contributed by atoms with E-state index in [1.165, 1.54) is 0 Å². The predicted octanol–water partition coefficient (Wildman–Crippen LogP) is 0.669. The normalized spacial score (nSPS) is 45.0. The molecule has 1 heterocycles. The summed E-state index contributed by atoms with van der Waals surface area (Å²) in [6.45, 7) is 0.796. The Kier molecular flexibility index (Phi) is 2.76. The summed E-state index contributed by atoms with van der Waals surface area (Å²) < 4.78 is 0. The van der Waals surface area contributed by atoms with E-state index in [0.29, 0.717) is 4.83 Å². The molecule has 3 atom stereocenters. The van der Waals surface area contributed by atoms with Gasteiger partial charge >= 0.3 is 0 Å². The fourth-order valence-electron chi connectivity index (χ4n) is 0.833. The van der Waals surface area contributed by atoms with Crippen LogP contribution in [0, 0.1) is 0 Å². The molecule has 0 radical (unpaired) electrons. The largest absolute Gasteiger partial charge is 0.377 e. The monoisotopic (exact) mass is 213 g/mol. The van der Waals surface area contributed by atoms with E-state index < -0.39 is 6.23 Å². The minimum atomic E-state index is -0.527. The van der Waals surface area contributed by atoms with Crippen LogP contribution in [0.5, 0.6) is 0 Å². The summed E-state index contributed by atoms with van der Waals surface area (Å²) >= 11 is 9.12. The van der Waals surface area contributed by atoms with Crippen molar-refractivity contribution in [2.45, 2.75) is 22.9 Å². The highest BCUT2D eigenvalue weighted by molar-refractivity contribution is 9.09. The van der Waals surface area contributed by atoms with Crippen LogP contribution < -0.4 is 5.32 Å². The average Bonchev–Trinajstić information content (AvgIpc) is 1.80. The Hall–Kier alpha value is 0.690. The van der Waals surface area contributed by atoms with E-state index in [4.69, 9.17) is 16.7 Å². The first-order valence-corrected chi connectivity index (χ1v) is 4.25. The van der Waals surface area contributed by atoms with Gasteiger partial charge in [-0.3, -0.25) is 5.32 Å². The third-order valence-electron chi connectivity index (χ3n) is 1.37. The van der Waals surface area contributed by atoms with Crippen LogP contribution in [0.4, 0.5) is 0 Å². The number of alkyl halides is 2. The van der Waals surface area contributed by atoms with Gasteiger partial charge in [-0.1, -0.05) is 15.9 Å². The third kappa shape index (κ3) is 2.08. The number of aliphatic hydroxyl groups excluding tert-OH is 1. The molecule has 2 nitrogen and oxygen atoms in total. The Balaban J connectivity index is 2.35. The average molecular weight is 214 g/mol. The lowest BCUT2D eigenvalue weighted by atomic mass is 10.1. The zero-order chi connectivity index (χ0) is 6.85. The van der Waals surface area contributed by atoms with Gasteiger partial charge in [0, 0.05) is 11.4 Å². The van der Waals surface area contributed by atoms with Gasteiger partial charge in [-0.15, -0.1) is 11.6 Å². The molecular formula is C5H9BrClNO. The summed E-state index contributed by atoms with van der Waals surface area (Å²) in [4.78, 5) is 0.406. The van der Waals surface area contributed by atoms with Crippen LogP contribution >= 0.6 is 27.5 Å². The SMILES string of the molecule is OC1NCC(Br)CC1Cl. The Morgan fingerprint density at radius 1 is 1.67 bits per heavy atom. The molecule has 0 saturated carbocycles. The summed E-state index contributed by atoms with van der Waals surface area (Å²) in [6.07, 6.45) is 0.302. The van der Waals surface area contributed by atoms with Crippen LogP contribution in [0.1, 0.15) is 6.42 Å². The molecule has 2 N–H and O–H groups in total. The van der Waals surface area contributed by atoms with Crippen LogP contribution in [-0.4, -0.2) is 28.1 Å². The highest BCUT2D eigenvalue weighted by atomic mass is 79.9. The van der Waals surface area contributed by atoms with Crippen molar-refractivity contribution < 1.29 is 5.11 Å². The summed E-state index contributed by atoms with van der Waals surface area (Å²) in [5.41, 5.74) is 0. The van der Waals surface area contributed by atoms with Gasteiger partial charge < -0.3 is 5.11 Å². The van der Waals surface area contributed by atoms with Crippen LogP contribution in [-0.2, 0) is 0 Å². The van der Waals surface area contributed by atoms with E-state index in [0.717, 1.165) is 13.0 Å². The number of piperidine rings is 1. The second-order valence-corrected chi connectivity index (χ2v) is 4.06. The van der Waals surface area contributed by atoms with Crippen molar-refractivity contribution in [3.63, 3.8) is 0 Å². The summed E-state index contributed by atoms with van der Waals surface area (Å²) in [5, 5.41) is 11.7. The maximum absolute atomic E-state index is 9.03. The first-order chi connectivity index (χ1) is 4.20. The minimum absolute atomic E-state index is 0.150. The van der Waals surface area contributed by atoms with Crippen molar-refractivity contribution in [3.05, 3.63) is 0 Å². The molecule has 0 amide bonds. The predicted molar refractivity (Wildman–Crippen MR) is 41.0 cm³/mol. The number of nitrogens with one attached hydrogen (secondary N) is 1. The van der Waals surface area contributed by atoms with Crippen LogP contribution in [0.15, 0.2) is 0 Å². The Morgan fingerprint density at radius 3 is 2.78 bits per heavy atom. The van der Waals surface area contributed by atoms with E-state index >= 15 is 0 Å². The molecule has 1 fully saturated rings. The Labute approximate surface area is 67.7 Å². The van der Waals surface area contributed by atoms with E-state index in [2.05, 4.69) is 21.2 Å². The van der Waals surface area contributed by atoms with Crippen molar-refractivity contribution in [2.75, 3.05) is 6.54 Å². The zero-order valence-electron chi connectivity index (χ0n) is 4.85. The molecule has 54 valence electrons. The first kappa shape index (κ1) is 7.79. The smallest absolute Gasteiger partial charge is 0.121 e. The highest BCUT2D eigenvalue weighted by Gasteiger charge is 2.24. The van der Waals surface area contributed by atoms with Crippen molar-refractivity contribution in [1.29, 1.82) is 0 Å². The molecule has 9 heavy (non-hydrogen) atoms. The van der Waals surface area contributed by atoms with Crippen molar-refractivity contribution in [3.8, 4) is 0 Å². The lowest BCUT2D eigenvalue weighted by Crippen LogP contribution is -2.46. The fraction of sp³-hybridized carbons (Fsp3) is 1.00. The zero-order valence-corrected chi connectivity index (χ0v) is 7.19.